The second-order valence-electron chi connectivity index (χ2n) is 5.90. The Balaban J connectivity index is 1.97. The fourth-order valence-corrected chi connectivity index (χ4v) is 3.46. The number of aliphatic hydroxyl groups is 1. The van der Waals surface area contributed by atoms with Crippen LogP contribution in [0.4, 0.5) is 0 Å². The Morgan fingerprint density at radius 1 is 1.41 bits per heavy atom. The molecule has 2 atom stereocenters. The maximum absolute atomic E-state index is 12.4. The molecule has 1 aromatic rings. The van der Waals surface area contributed by atoms with Gasteiger partial charge in [0.05, 0.1) is 6.61 Å². The van der Waals surface area contributed by atoms with E-state index in [-0.39, 0.29) is 23.8 Å². The molecule has 5 heteroatoms. The fourth-order valence-electron chi connectivity index (χ4n) is 2.83. The van der Waals surface area contributed by atoms with E-state index in [9.17, 15) is 9.90 Å². The van der Waals surface area contributed by atoms with Gasteiger partial charge in [-0.2, -0.15) is 11.8 Å². The van der Waals surface area contributed by atoms with Crippen molar-refractivity contribution in [3.63, 3.8) is 0 Å². The van der Waals surface area contributed by atoms with Gasteiger partial charge in [-0.3, -0.25) is 9.69 Å². The smallest absolute Gasteiger partial charge is 0.251 e. The number of hydrogen-bond acceptors (Lipinski definition) is 4. The number of carbonyl (C=O) groups excluding carboxylic acids is 1. The number of thioether (sulfide) groups is 1. The van der Waals surface area contributed by atoms with E-state index in [1.807, 2.05) is 31.4 Å². The number of aliphatic hydroxyl groups excluding tert-OH is 1. The van der Waals surface area contributed by atoms with Gasteiger partial charge in [0, 0.05) is 23.4 Å². The second kappa shape index (κ2) is 8.56. The van der Waals surface area contributed by atoms with Crippen molar-refractivity contribution >= 4 is 17.7 Å². The molecular formula is C17H26N2O2S. The van der Waals surface area contributed by atoms with Crippen LogP contribution in [0, 0.1) is 0 Å². The van der Waals surface area contributed by atoms with Gasteiger partial charge >= 0.3 is 0 Å². The molecule has 0 radical (unpaired) electrons. The Morgan fingerprint density at radius 2 is 2.14 bits per heavy atom. The Morgan fingerprint density at radius 3 is 2.77 bits per heavy atom. The zero-order valence-corrected chi connectivity index (χ0v) is 14.2. The third-order valence-electron chi connectivity index (χ3n) is 4.19. The molecule has 0 aliphatic carbocycles. The highest BCUT2D eigenvalue weighted by atomic mass is 32.2. The number of nitrogens with zero attached hydrogens (tertiary/aromatic N) is 1. The summed E-state index contributed by atoms with van der Waals surface area (Å²) in [4.78, 5) is 14.8. The summed E-state index contributed by atoms with van der Waals surface area (Å²) in [7, 11) is 0. The van der Waals surface area contributed by atoms with Crippen LogP contribution in [0.3, 0.4) is 0 Å². The van der Waals surface area contributed by atoms with Crippen LogP contribution >= 0.6 is 11.8 Å². The van der Waals surface area contributed by atoms with Crippen LogP contribution in [0.1, 0.15) is 35.7 Å². The number of amides is 1. The summed E-state index contributed by atoms with van der Waals surface area (Å²) >= 11 is 1.57. The largest absolute Gasteiger partial charge is 0.395 e. The van der Waals surface area contributed by atoms with Crippen LogP contribution in [-0.2, 0) is 6.54 Å². The van der Waals surface area contributed by atoms with Gasteiger partial charge in [-0.25, -0.2) is 0 Å². The standard InChI is InChI=1S/C17H26N2O2S/c1-13(16(12-20)22-2)18-17(21)15-7-5-6-14(10-15)11-19-8-3-4-9-19/h5-7,10,13,16,20H,3-4,8-9,11-12H2,1-2H3,(H,18,21). The average molecular weight is 322 g/mol. The van der Waals surface area contributed by atoms with Gasteiger partial charge in [0.2, 0.25) is 0 Å². The maximum atomic E-state index is 12.4. The Kier molecular flexibility index (Phi) is 6.73. The van der Waals surface area contributed by atoms with Crippen molar-refractivity contribution in [2.45, 2.75) is 37.6 Å². The van der Waals surface area contributed by atoms with Crippen LogP contribution in [-0.4, -0.2) is 53.2 Å². The number of likely N-dealkylation sites (tertiary alicyclic amines) is 1. The Bertz CT molecular complexity index is 485. The third kappa shape index (κ3) is 4.73. The van der Waals surface area contributed by atoms with E-state index in [0.717, 1.165) is 19.6 Å². The monoisotopic (exact) mass is 322 g/mol. The molecular weight excluding hydrogens is 296 g/mol. The number of nitrogens with one attached hydrogen (secondary N) is 1. The summed E-state index contributed by atoms with van der Waals surface area (Å²) in [5.41, 5.74) is 1.88. The van der Waals surface area contributed by atoms with E-state index in [0.29, 0.717) is 5.56 Å². The van der Waals surface area contributed by atoms with Crippen molar-refractivity contribution in [1.82, 2.24) is 10.2 Å². The molecule has 122 valence electrons. The molecule has 0 saturated carbocycles. The molecule has 0 bridgehead atoms. The van der Waals surface area contributed by atoms with Gasteiger partial charge in [0.1, 0.15) is 0 Å². The van der Waals surface area contributed by atoms with Crippen molar-refractivity contribution in [1.29, 1.82) is 0 Å². The molecule has 22 heavy (non-hydrogen) atoms. The van der Waals surface area contributed by atoms with E-state index >= 15 is 0 Å². The molecule has 1 aliphatic rings. The predicted octanol–water partition coefficient (Wildman–Crippen LogP) is 2.12. The van der Waals surface area contributed by atoms with Crippen molar-refractivity contribution in [2.75, 3.05) is 26.0 Å². The van der Waals surface area contributed by atoms with E-state index in [2.05, 4.69) is 16.3 Å². The molecule has 2 unspecified atom stereocenters. The zero-order valence-electron chi connectivity index (χ0n) is 13.4. The average Bonchev–Trinajstić information content (AvgIpc) is 3.01. The first-order chi connectivity index (χ1) is 10.6. The van der Waals surface area contributed by atoms with E-state index in [4.69, 9.17) is 0 Å². The number of carbonyl (C=O) groups is 1. The highest BCUT2D eigenvalue weighted by molar-refractivity contribution is 7.99. The minimum Gasteiger partial charge on any atom is -0.395 e. The van der Waals surface area contributed by atoms with Crippen LogP contribution in [0.25, 0.3) is 0 Å². The summed E-state index contributed by atoms with van der Waals surface area (Å²) in [6, 6.07) is 7.80. The molecule has 1 saturated heterocycles. The predicted molar refractivity (Wildman–Crippen MR) is 92.3 cm³/mol. The first-order valence-electron chi connectivity index (χ1n) is 7.90. The second-order valence-corrected chi connectivity index (χ2v) is 6.98. The van der Waals surface area contributed by atoms with Gasteiger partial charge < -0.3 is 10.4 Å². The van der Waals surface area contributed by atoms with E-state index in [1.54, 1.807) is 11.8 Å². The highest BCUT2D eigenvalue weighted by Crippen LogP contribution is 2.15. The maximum Gasteiger partial charge on any atom is 0.251 e. The molecule has 2 N–H and O–H groups in total. The normalized spacial score (nSPS) is 18.1. The minimum atomic E-state index is -0.0664. The van der Waals surface area contributed by atoms with Crippen molar-refractivity contribution in [3.05, 3.63) is 35.4 Å². The molecule has 1 heterocycles. The van der Waals surface area contributed by atoms with Gasteiger partial charge in [0.25, 0.3) is 5.91 Å². The quantitative estimate of drug-likeness (QED) is 0.807. The molecule has 2 rings (SSSR count). The molecule has 0 aromatic heterocycles. The molecule has 1 aromatic carbocycles. The molecule has 4 nitrogen and oxygen atoms in total. The summed E-state index contributed by atoms with van der Waals surface area (Å²) < 4.78 is 0. The number of rotatable bonds is 7. The van der Waals surface area contributed by atoms with Crippen LogP contribution < -0.4 is 5.32 Å². The first-order valence-corrected chi connectivity index (χ1v) is 9.18. The lowest BCUT2D eigenvalue weighted by Gasteiger charge is -2.21. The third-order valence-corrected chi connectivity index (χ3v) is 5.36. The van der Waals surface area contributed by atoms with Gasteiger partial charge in [-0.05, 0) is 56.8 Å². The zero-order chi connectivity index (χ0) is 15.9. The van der Waals surface area contributed by atoms with Crippen molar-refractivity contribution in [2.24, 2.45) is 0 Å². The molecule has 1 amide bonds. The van der Waals surface area contributed by atoms with Crippen LogP contribution in [0.2, 0.25) is 0 Å². The highest BCUT2D eigenvalue weighted by Gasteiger charge is 2.18. The summed E-state index contributed by atoms with van der Waals surface area (Å²) in [5, 5.41) is 12.3. The summed E-state index contributed by atoms with van der Waals surface area (Å²) in [6.45, 7) is 5.22. The van der Waals surface area contributed by atoms with Gasteiger partial charge in [-0.15, -0.1) is 0 Å². The molecule has 1 fully saturated rings. The van der Waals surface area contributed by atoms with Gasteiger partial charge in [0.15, 0.2) is 0 Å². The fraction of sp³-hybridized carbons (Fsp3) is 0.588. The lowest BCUT2D eigenvalue weighted by molar-refractivity contribution is 0.0935. The van der Waals surface area contributed by atoms with Crippen molar-refractivity contribution < 1.29 is 9.90 Å². The SMILES string of the molecule is CSC(CO)C(C)NC(=O)c1cccc(CN2CCCC2)c1. The van der Waals surface area contributed by atoms with E-state index in [1.165, 1.54) is 18.4 Å². The van der Waals surface area contributed by atoms with Crippen LogP contribution in [0.15, 0.2) is 24.3 Å². The summed E-state index contributed by atoms with van der Waals surface area (Å²) in [6.07, 6.45) is 4.49. The number of benzene rings is 1. The molecule has 0 spiro atoms. The first kappa shape index (κ1) is 17.3. The topological polar surface area (TPSA) is 52.6 Å². The number of hydrogen-bond donors (Lipinski definition) is 2. The minimum absolute atomic E-state index is 0.0248. The Hall–Kier alpha value is -1.04. The van der Waals surface area contributed by atoms with Crippen LogP contribution in [0.5, 0.6) is 0 Å². The lowest BCUT2D eigenvalue weighted by Crippen LogP contribution is -2.41. The Labute approximate surface area is 137 Å². The van der Waals surface area contributed by atoms with E-state index < -0.39 is 0 Å². The lowest BCUT2D eigenvalue weighted by atomic mass is 10.1. The molecule has 1 aliphatic heterocycles. The van der Waals surface area contributed by atoms with Gasteiger partial charge in [-0.1, -0.05) is 12.1 Å². The van der Waals surface area contributed by atoms with Crippen molar-refractivity contribution in [3.8, 4) is 0 Å². The summed E-state index contributed by atoms with van der Waals surface area (Å²) in [5.74, 6) is -0.0664.